The molecule has 0 radical (unpaired) electrons. The minimum absolute atomic E-state index is 0.364. The molecular weight excluding hydrogens is 396 g/mol. The Bertz CT molecular complexity index is 870. The highest BCUT2D eigenvalue weighted by atomic mass is 32.1. The van der Waals surface area contributed by atoms with Crippen molar-refractivity contribution in [2.24, 2.45) is 0 Å². The van der Waals surface area contributed by atoms with Crippen LogP contribution in [-0.4, -0.2) is 48.4 Å². The van der Waals surface area contributed by atoms with Gasteiger partial charge < -0.3 is 19.9 Å². The van der Waals surface area contributed by atoms with Gasteiger partial charge in [-0.25, -0.2) is 9.59 Å². The van der Waals surface area contributed by atoms with E-state index in [1.165, 1.54) is 18.4 Å². The number of ether oxygens (including phenoxy) is 2. The number of hydrogen-bond donors (Lipinski definition) is 3. The van der Waals surface area contributed by atoms with Crippen molar-refractivity contribution in [2.45, 2.75) is 32.4 Å². The van der Waals surface area contributed by atoms with Gasteiger partial charge in [-0.3, -0.25) is 10.1 Å². The van der Waals surface area contributed by atoms with Gasteiger partial charge in [-0.1, -0.05) is 12.1 Å². The Kier molecular flexibility index (Phi) is 7.35. The number of rotatable bonds is 6. The van der Waals surface area contributed by atoms with Crippen molar-refractivity contribution < 1.29 is 29.0 Å². The highest BCUT2D eigenvalue weighted by Gasteiger charge is 2.22. The van der Waals surface area contributed by atoms with Crippen LogP contribution in [0, 0.1) is 0 Å². The molecule has 1 unspecified atom stereocenters. The van der Waals surface area contributed by atoms with E-state index in [4.69, 9.17) is 4.74 Å². The van der Waals surface area contributed by atoms with E-state index < -0.39 is 36.2 Å². The number of carbonyl (C=O) groups excluding carboxylic acids is 3. The molecule has 1 aromatic carbocycles. The van der Waals surface area contributed by atoms with Gasteiger partial charge in [0.2, 0.25) is 0 Å². The number of aliphatic hydroxyl groups is 1. The minimum atomic E-state index is -1.12. The summed E-state index contributed by atoms with van der Waals surface area (Å²) in [6.07, 6.45) is -0.538. The van der Waals surface area contributed by atoms with Crippen molar-refractivity contribution in [2.75, 3.05) is 19.0 Å². The van der Waals surface area contributed by atoms with Crippen molar-refractivity contribution in [3.8, 4) is 10.4 Å². The van der Waals surface area contributed by atoms with Crippen molar-refractivity contribution >= 4 is 35.0 Å². The summed E-state index contributed by atoms with van der Waals surface area (Å²) in [5.41, 5.74) is 1.22. The monoisotopic (exact) mass is 420 g/mol. The highest BCUT2D eigenvalue weighted by Crippen LogP contribution is 2.28. The van der Waals surface area contributed by atoms with Crippen LogP contribution < -0.4 is 10.6 Å². The number of amides is 2. The summed E-state index contributed by atoms with van der Waals surface area (Å²) in [4.78, 5) is 36.4. The molecule has 0 aliphatic rings. The largest absolute Gasteiger partial charge is 0.467 e. The zero-order chi connectivity index (χ0) is 21.6. The van der Waals surface area contributed by atoms with Gasteiger partial charge in [-0.15, -0.1) is 11.3 Å². The second kappa shape index (κ2) is 9.53. The van der Waals surface area contributed by atoms with Crippen LogP contribution in [0.3, 0.4) is 0 Å². The number of methoxy groups -OCH3 is 1. The van der Waals surface area contributed by atoms with Crippen LogP contribution in [0.15, 0.2) is 35.7 Å². The summed E-state index contributed by atoms with van der Waals surface area (Å²) in [5.74, 6) is -1.20. The van der Waals surface area contributed by atoms with E-state index in [9.17, 15) is 19.5 Å². The lowest BCUT2D eigenvalue weighted by Crippen LogP contribution is -2.43. The first-order chi connectivity index (χ1) is 13.6. The fraction of sp³-hybridized carbons (Fsp3) is 0.350. The van der Waals surface area contributed by atoms with E-state index in [-0.39, 0.29) is 0 Å². The number of anilines is 1. The molecular formula is C20H24N2O6S. The molecule has 1 aromatic heterocycles. The molecule has 0 spiro atoms. The van der Waals surface area contributed by atoms with Crippen LogP contribution in [0.2, 0.25) is 0 Å². The molecule has 1 atom stereocenters. The van der Waals surface area contributed by atoms with Crippen molar-refractivity contribution in [1.29, 1.82) is 0 Å². The number of nitrogens with one attached hydrogen (secondary N) is 2. The van der Waals surface area contributed by atoms with E-state index >= 15 is 0 Å². The van der Waals surface area contributed by atoms with E-state index in [1.54, 1.807) is 44.4 Å². The van der Waals surface area contributed by atoms with Gasteiger partial charge >= 0.3 is 12.1 Å². The topological polar surface area (TPSA) is 114 Å². The Morgan fingerprint density at radius 2 is 1.83 bits per heavy atom. The predicted octanol–water partition coefficient (Wildman–Crippen LogP) is 3.03. The Balaban J connectivity index is 2.04. The van der Waals surface area contributed by atoms with Crippen LogP contribution in [0.25, 0.3) is 10.4 Å². The molecule has 29 heavy (non-hydrogen) atoms. The molecule has 3 N–H and O–H groups in total. The third kappa shape index (κ3) is 6.58. The number of aliphatic hydroxyl groups excluding tert-OH is 1. The molecule has 2 rings (SSSR count). The van der Waals surface area contributed by atoms with E-state index in [2.05, 4.69) is 15.4 Å². The fourth-order valence-corrected chi connectivity index (χ4v) is 3.21. The van der Waals surface area contributed by atoms with Crippen LogP contribution in [0.5, 0.6) is 0 Å². The number of esters is 1. The molecule has 8 nitrogen and oxygen atoms in total. The smallest absolute Gasteiger partial charge is 0.412 e. The molecule has 2 amide bonds. The molecule has 0 bridgehead atoms. The van der Waals surface area contributed by atoms with Crippen LogP contribution >= 0.6 is 11.3 Å². The molecule has 0 aliphatic carbocycles. The Hall–Kier alpha value is -2.91. The van der Waals surface area contributed by atoms with Gasteiger partial charge in [-0.2, -0.15) is 0 Å². The van der Waals surface area contributed by atoms with Gasteiger partial charge in [0.15, 0.2) is 6.04 Å². The predicted molar refractivity (Wildman–Crippen MR) is 110 cm³/mol. The molecule has 0 saturated heterocycles. The molecule has 156 valence electrons. The van der Waals surface area contributed by atoms with E-state index in [1.807, 2.05) is 12.1 Å². The average Bonchev–Trinajstić information content (AvgIpc) is 3.14. The van der Waals surface area contributed by atoms with Crippen LogP contribution in [0.4, 0.5) is 10.5 Å². The normalized spacial score (nSPS) is 12.0. The lowest BCUT2D eigenvalue weighted by molar-refractivity contribution is -0.143. The van der Waals surface area contributed by atoms with Gasteiger partial charge in [0.25, 0.3) is 5.91 Å². The summed E-state index contributed by atoms with van der Waals surface area (Å²) in [6, 6.07) is 7.66. The first-order valence-electron chi connectivity index (χ1n) is 8.81. The van der Waals surface area contributed by atoms with Crippen LogP contribution in [0.1, 0.15) is 31.1 Å². The van der Waals surface area contributed by atoms with E-state index in [0.717, 1.165) is 10.4 Å². The highest BCUT2D eigenvalue weighted by molar-refractivity contribution is 7.13. The van der Waals surface area contributed by atoms with Crippen molar-refractivity contribution in [3.63, 3.8) is 0 Å². The number of hydrogen-bond acceptors (Lipinski definition) is 7. The second-order valence-electron chi connectivity index (χ2n) is 7.14. The summed E-state index contributed by atoms with van der Waals surface area (Å²) >= 11 is 1.36. The second-order valence-corrected chi connectivity index (χ2v) is 8.05. The Labute approximate surface area is 172 Å². The van der Waals surface area contributed by atoms with E-state index in [0.29, 0.717) is 11.3 Å². The van der Waals surface area contributed by atoms with Crippen LogP contribution in [-0.2, 0) is 14.3 Å². The summed E-state index contributed by atoms with van der Waals surface area (Å²) in [6.45, 7) is 4.80. The summed E-state index contributed by atoms with van der Waals surface area (Å²) in [5, 5.41) is 15.9. The maximum Gasteiger partial charge on any atom is 0.412 e. The van der Waals surface area contributed by atoms with Crippen molar-refractivity contribution in [1.82, 2.24) is 5.32 Å². The summed E-state index contributed by atoms with van der Waals surface area (Å²) < 4.78 is 9.74. The van der Waals surface area contributed by atoms with Gasteiger partial charge in [0.1, 0.15) is 5.60 Å². The molecule has 2 aromatic rings. The zero-order valence-corrected chi connectivity index (χ0v) is 17.5. The van der Waals surface area contributed by atoms with Gasteiger partial charge in [0, 0.05) is 15.9 Å². The molecule has 0 saturated carbocycles. The average molecular weight is 420 g/mol. The lowest BCUT2D eigenvalue weighted by atomic mass is 10.1. The zero-order valence-electron chi connectivity index (χ0n) is 16.6. The quantitative estimate of drug-likeness (QED) is 0.619. The van der Waals surface area contributed by atoms with Gasteiger partial charge in [-0.05, 0) is 44.5 Å². The SMILES string of the molecule is COC(=O)C(CO)NC(=O)c1csc(-c2ccc(NC(=O)OC(C)(C)C)cc2)c1. The third-order valence-electron chi connectivity index (χ3n) is 3.65. The third-order valence-corrected chi connectivity index (χ3v) is 4.63. The Morgan fingerprint density at radius 1 is 1.17 bits per heavy atom. The number of benzene rings is 1. The minimum Gasteiger partial charge on any atom is -0.467 e. The standard InChI is InChI=1S/C20H24N2O6S/c1-20(2,3)28-19(26)21-14-7-5-12(6-8-14)16-9-13(11-29-16)17(24)22-15(10-23)18(25)27-4/h5-9,11,15,23H,10H2,1-4H3,(H,21,26)(H,22,24). The van der Waals surface area contributed by atoms with Crippen molar-refractivity contribution in [3.05, 3.63) is 41.3 Å². The number of thiophene rings is 1. The fourth-order valence-electron chi connectivity index (χ4n) is 2.31. The lowest BCUT2D eigenvalue weighted by Gasteiger charge is -2.19. The van der Waals surface area contributed by atoms with Gasteiger partial charge in [0.05, 0.1) is 19.3 Å². The molecule has 0 aliphatic heterocycles. The Morgan fingerprint density at radius 3 is 2.38 bits per heavy atom. The number of carbonyl (C=O) groups is 3. The maximum absolute atomic E-state index is 12.3. The molecule has 9 heteroatoms. The summed E-state index contributed by atoms with van der Waals surface area (Å²) in [7, 11) is 1.18. The first-order valence-corrected chi connectivity index (χ1v) is 9.69. The molecule has 1 heterocycles. The molecule has 0 fully saturated rings. The maximum atomic E-state index is 12.3. The first kappa shape index (κ1) is 22.4.